The molecule has 38 heavy (non-hydrogen) atoms. The molecule has 0 saturated heterocycles. The highest BCUT2D eigenvalue weighted by Crippen LogP contribution is 2.48. The molecule has 0 bridgehead atoms. The summed E-state index contributed by atoms with van der Waals surface area (Å²) in [4.78, 5) is 26.3. The van der Waals surface area contributed by atoms with E-state index in [0.29, 0.717) is 4.90 Å². The molecule has 200 valence electrons. The lowest BCUT2D eigenvalue weighted by atomic mass is 9.81. The third-order valence-electron chi connectivity index (χ3n) is 5.54. The second-order valence-corrected chi connectivity index (χ2v) is 8.06. The van der Waals surface area contributed by atoms with Crippen molar-refractivity contribution in [1.29, 1.82) is 5.26 Å². The molecule has 1 atom stereocenters. The van der Waals surface area contributed by atoms with Crippen molar-refractivity contribution in [3.63, 3.8) is 0 Å². The lowest BCUT2D eigenvalue weighted by Gasteiger charge is -2.36. The number of carbonyl (C=O) groups is 2. The van der Waals surface area contributed by atoms with E-state index in [9.17, 15) is 41.2 Å². The summed E-state index contributed by atoms with van der Waals surface area (Å²) in [7, 11) is 1.79. The van der Waals surface area contributed by atoms with Gasteiger partial charge in [0.2, 0.25) is 0 Å². The van der Waals surface area contributed by atoms with Gasteiger partial charge in [0.05, 0.1) is 53.5 Å². The number of allylic oxidation sites excluding steroid dienone is 1. The van der Waals surface area contributed by atoms with Gasteiger partial charge in [0.25, 0.3) is 0 Å². The summed E-state index contributed by atoms with van der Waals surface area (Å²) in [6.07, 6.45) is -10.7. The van der Waals surface area contributed by atoms with Crippen LogP contribution in [0.2, 0.25) is 5.02 Å². The van der Waals surface area contributed by atoms with Gasteiger partial charge in [-0.3, -0.25) is 4.90 Å². The molecule has 0 amide bonds. The monoisotopic (exact) mass is 559 g/mol. The Morgan fingerprint density at radius 3 is 1.89 bits per heavy atom. The van der Waals surface area contributed by atoms with E-state index < -0.39 is 74.7 Å². The van der Waals surface area contributed by atoms with Crippen LogP contribution in [0.15, 0.2) is 65.1 Å². The maximum absolute atomic E-state index is 13.7. The summed E-state index contributed by atoms with van der Waals surface area (Å²) in [6.45, 7) is 0. The summed E-state index contributed by atoms with van der Waals surface area (Å²) in [5.74, 6) is -4.68. The van der Waals surface area contributed by atoms with Gasteiger partial charge in [-0.1, -0.05) is 41.9 Å². The Kier molecular flexibility index (Phi) is 7.69. The first-order chi connectivity index (χ1) is 17.7. The molecule has 2 aromatic carbocycles. The largest absolute Gasteiger partial charge is 0.466 e. The van der Waals surface area contributed by atoms with Gasteiger partial charge in [-0.15, -0.1) is 0 Å². The Morgan fingerprint density at radius 2 is 1.47 bits per heavy atom. The molecule has 0 fully saturated rings. The lowest BCUT2D eigenvalue weighted by molar-refractivity contribution is -0.143. The van der Waals surface area contributed by atoms with Crippen molar-refractivity contribution >= 4 is 29.2 Å². The number of nitrogens with zero attached hydrogens (tertiary/aromatic N) is 2. The van der Waals surface area contributed by atoms with E-state index in [1.165, 1.54) is 24.3 Å². The number of alkyl halides is 6. The Labute approximate surface area is 216 Å². The Hall–Kier alpha value is -4.18. The van der Waals surface area contributed by atoms with Crippen LogP contribution in [0.3, 0.4) is 0 Å². The molecule has 0 aliphatic carbocycles. The normalized spacial score (nSPS) is 16.3. The van der Waals surface area contributed by atoms with Gasteiger partial charge in [-0.2, -0.15) is 31.6 Å². The van der Waals surface area contributed by atoms with Gasteiger partial charge >= 0.3 is 24.3 Å². The van der Waals surface area contributed by atoms with E-state index >= 15 is 0 Å². The highest BCUT2D eigenvalue weighted by Gasteiger charge is 2.46. The first kappa shape index (κ1) is 28.4. The van der Waals surface area contributed by atoms with E-state index in [2.05, 4.69) is 0 Å². The van der Waals surface area contributed by atoms with E-state index in [-0.39, 0.29) is 17.7 Å². The van der Waals surface area contributed by atoms with Crippen LogP contribution in [-0.2, 0) is 31.4 Å². The van der Waals surface area contributed by atoms with Gasteiger partial charge in [0.1, 0.15) is 11.5 Å². The fourth-order valence-corrected chi connectivity index (χ4v) is 4.26. The molecule has 1 aliphatic rings. The van der Waals surface area contributed by atoms with Gasteiger partial charge < -0.3 is 15.2 Å². The van der Waals surface area contributed by atoms with Crippen LogP contribution >= 0.6 is 11.6 Å². The van der Waals surface area contributed by atoms with E-state index in [1.807, 2.05) is 0 Å². The first-order valence-electron chi connectivity index (χ1n) is 10.3. The Balaban J connectivity index is 2.53. The van der Waals surface area contributed by atoms with Crippen molar-refractivity contribution in [2.75, 3.05) is 19.1 Å². The van der Waals surface area contributed by atoms with Crippen molar-refractivity contribution in [1.82, 2.24) is 0 Å². The number of hydrogen-bond acceptors (Lipinski definition) is 7. The van der Waals surface area contributed by atoms with Crippen LogP contribution in [-0.4, -0.2) is 26.2 Å². The van der Waals surface area contributed by atoms with Gasteiger partial charge in [0.15, 0.2) is 0 Å². The number of nitrogens with two attached hydrogens (primary N) is 1. The standard InChI is InChI=1S/C24H16ClF6N3O4/c1-37-21(35)17-16(11-6-4-3-5-7-11)13(10-32)20(33)34(19(17)22(36)38-2)12-8-14(23(26,27)28)18(25)15(9-12)24(29,30)31/h3-9,16H,33H2,1-2H3. The summed E-state index contributed by atoms with van der Waals surface area (Å²) < 4.78 is 91.8. The lowest BCUT2D eigenvalue weighted by Crippen LogP contribution is -2.41. The van der Waals surface area contributed by atoms with Gasteiger partial charge in [-0.05, 0) is 17.7 Å². The summed E-state index contributed by atoms with van der Waals surface area (Å²) >= 11 is 5.48. The minimum atomic E-state index is -5.37. The minimum absolute atomic E-state index is 0.208. The average molecular weight is 560 g/mol. The molecule has 2 aromatic rings. The molecule has 7 nitrogen and oxygen atoms in total. The smallest absolute Gasteiger partial charge is 0.417 e. The second-order valence-electron chi connectivity index (χ2n) is 7.69. The molecule has 1 aliphatic heterocycles. The molecule has 1 unspecified atom stereocenters. The number of methoxy groups -OCH3 is 2. The number of rotatable bonds is 4. The van der Waals surface area contributed by atoms with Crippen LogP contribution in [0.25, 0.3) is 0 Å². The van der Waals surface area contributed by atoms with Crippen LogP contribution < -0.4 is 10.6 Å². The molecule has 0 saturated carbocycles. The Bertz CT molecular complexity index is 1360. The fraction of sp³-hybridized carbons (Fsp3) is 0.208. The number of nitriles is 1. The van der Waals surface area contributed by atoms with E-state index in [4.69, 9.17) is 26.8 Å². The first-order valence-corrected chi connectivity index (χ1v) is 10.7. The fourth-order valence-electron chi connectivity index (χ4n) is 3.93. The van der Waals surface area contributed by atoms with Gasteiger partial charge in [-0.25, -0.2) is 9.59 Å². The van der Waals surface area contributed by atoms with Crippen molar-refractivity contribution in [3.8, 4) is 6.07 Å². The molecule has 0 radical (unpaired) electrons. The van der Waals surface area contributed by atoms with Crippen LogP contribution in [0.5, 0.6) is 0 Å². The van der Waals surface area contributed by atoms with Crippen molar-refractivity contribution < 1.29 is 45.4 Å². The molecule has 0 spiro atoms. The number of halogens is 7. The number of anilines is 1. The zero-order chi connectivity index (χ0) is 28.6. The number of ether oxygens (including phenoxy) is 2. The van der Waals surface area contributed by atoms with Crippen LogP contribution in [0.4, 0.5) is 32.0 Å². The molecule has 1 heterocycles. The molecular formula is C24H16ClF6N3O4. The second kappa shape index (κ2) is 10.3. The Morgan fingerprint density at radius 1 is 0.974 bits per heavy atom. The zero-order valence-corrected chi connectivity index (χ0v) is 20.1. The van der Waals surface area contributed by atoms with Crippen LogP contribution in [0, 0.1) is 11.3 Å². The molecule has 3 rings (SSSR count). The summed E-state index contributed by atoms with van der Waals surface area (Å²) in [5.41, 5.74) is -0.300. The van der Waals surface area contributed by atoms with Crippen molar-refractivity contribution in [2.45, 2.75) is 18.3 Å². The molecular weight excluding hydrogens is 544 g/mol. The number of benzene rings is 2. The van der Waals surface area contributed by atoms with Crippen molar-refractivity contribution in [3.05, 3.63) is 86.8 Å². The molecule has 0 aromatic heterocycles. The number of esters is 2. The third-order valence-corrected chi connectivity index (χ3v) is 5.94. The minimum Gasteiger partial charge on any atom is -0.466 e. The van der Waals surface area contributed by atoms with Gasteiger partial charge in [0, 0.05) is 5.69 Å². The topological polar surface area (TPSA) is 106 Å². The SMILES string of the molecule is COC(=O)C1=C(C(=O)OC)N(c2cc(C(F)(F)F)c(Cl)c(C(F)(F)F)c2)C(N)=C(C#N)C1c1ccccc1. The number of carbonyl (C=O) groups excluding carboxylic acids is 2. The summed E-state index contributed by atoms with van der Waals surface area (Å²) in [6, 6.07) is 9.75. The van der Waals surface area contributed by atoms with Crippen LogP contribution in [0.1, 0.15) is 22.6 Å². The maximum Gasteiger partial charge on any atom is 0.417 e. The van der Waals surface area contributed by atoms with Crippen molar-refractivity contribution in [2.24, 2.45) is 5.73 Å². The molecule has 14 heteroatoms. The average Bonchev–Trinajstić information content (AvgIpc) is 2.86. The maximum atomic E-state index is 13.7. The highest BCUT2D eigenvalue weighted by atomic mass is 35.5. The predicted molar refractivity (Wildman–Crippen MR) is 121 cm³/mol. The highest BCUT2D eigenvalue weighted by molar-refractivity contribution is 6.32. The molecule has 2 N–H and O–H groups in total. The van der Waals surface area contributed by atoms with E-state index in [0.717, 1.165) is 14.2 Å². The third kappa shape index (κ3) is 4.99. The van der Waals surface area contributed by atoms with E-state index in [1.54, 1.807) is 12.1 Å². The zero-order valence-electron chi connectivity index (χ0n) is 19.4. The summed E-state index contributed by atoms with van der Waals surface area (Å²) in [5, 5.41) is 8.29. The quantitative estimate of drug-likeness (QED) is 0.401. The predicted octanol–water partition coefficient (Wildman–Crippen LogP) is 5.28. The number of hydrogen-bond donors (Lipinski definition) is 1.